The third kappa shape index (κ3) is 6.26. The first-order valence-corrected chi connectivity index (χ1v) is 14.1. The van der Waals surface area contributed by atoms with Gasteiger partial charge in [0.15, 0.2) is 5.65 Å². The Morgan fingerprint density at radius 2 is 1.92 bits per heavy atom. The van der Waals surface area contributed by atoms with Crippen molar-refractivity contribution in [2.45, 2.75) is 63.2 Å². The molecule has 0 amide bonds. The fourth-order valence-electron chi connectivity index (χ4n) is 4.65. The Bertz CT molecular complexity index is 1450. The quantitative estimate of drug-likeness (QED) is 0.264. The van der Waals surface area contributed by atoms with Crippen LogP contribution in [0.4, 0.5) is 5.82 Å². The molecule has 0 saturated carbocycles. The van der Waals surface area contributed by atoms with E-state index in [1.165, 1.54) is 10.1 Å². The number of hydrogen-bond donors (Lipinski definition) is 2. The minimum atomic E-state index is -0.384. The smallest absolute Gasteiger partial charge is 0.332 e. The van der Waals surface area contributed by atoms with E-state index in [4.69, 9.17) is 5.10 Å². The molecule has 1 aliphatic rings. The third-order valence-electron chi connectivity index (χ3n) is 6.51. The van der Waals surface area contributed by atoms with Gasteiger partial charge >= 0.3 is 5.69 Å². The molecular formula is C28H37IN6O2. The van der Waals surface area contributed by atoms with Gasteiger partial charge in [-0.15, -0.1) is 0 Å². The molecule has 2 N–H and O–H groups in total. The number of rotatable bonds is 10. The Kier molecular flexibility index (Phi) is 8.42. The summed E-state index contributed by atoms with van der Waals surface area (Å²) in [4.78, 5) is 26.6. The summed E-state index contributed by atoms with van der Waals surface area (Å²) in [6, 6.07) is 8.42. The second kappa shape index (κ2) is 11.4. The zero-order chi connectivity index (χ0) is 26.7. The lowest BCUT2D eigenvalue weighted by Crippen LogP contribution is -2.39. The topological polar surface area (TPSA) is 85.9 Å². The standard InChI is InChI=1S/C28H37IN6O2/c1-19(2)17-34-25-23(26(36)33(5)27(34)37)24(31-28(4)12-7-6-8-13-28)35(32-25)18-22-11-9-10-21(14-22)16-30-15-20(3)29/h6-12,14,19-20,30-31H,13,15-18H2,1-5H3. The van der Waals surface area contributed by atoms with Gasteiger partial charge < -0.3 is 10.6 Å². The molecule has 4 rings (SSSR count). The van der Waals surface area contributed by atoms with E-state index in [-0.39, 0.29) is 22.7 Å². The van der Waals surface area contributed by atoms with Crippen LogP contribution >= 0.6 is 22.6 Å². The lowest BCUT2D eigenvalue weighted by Gasteiger charge is -2.29. The van der Waals surface area contributed by atoms with Gasteiger partial charge in [0.2, 0.25) is 0 Å². The van der Waals surface area contributed by atoms with Gasteiger partial charge in [-0.1, -0.05) is 91.9 Å². The maximum Gasteiger partial charge on any atom is 0.332 e. The highest BCUT2D eigenvalue weighted by molar-refractivity contribution is 14.1. The fraction of sp³-hybridized carbons (Fsp3) is 0.464. The molecule has 0 fully saturated rings. The van der Waals surface area contributed by atoms with E-state index < -0.39 is 0 Å². The van der Waals surface area contributed by atoms with Crippen LogP contribution in [-0.2, 0) is 26.7 Å². The molecule has 37 heavy (non-hydrogen) atoms. The summed E-state index contributed by atoms with van der Waals surface area (Å²) in [7, 11) is 1.54. The molecular weight excluding hydrogens is 579 g/mol. The van der Waals surface area contributed by atoms with Gasteiger partial charge in [-0.05, 0) is 30.4 Å². The Morgan fingerprint density at radius 3 is 2.59 bits per heavy atom. The third-order valence-corrected chi connectivity index (χ3v) is 6.95. The predicted molar refractivity (Wildman–Crippen MR) is 160 cm³/mol. The molecule has 8 nitrogen and oxygen atoms in total. The number of fused-ring (bicyclic) bond motifs is 1. The molecule has 2 atom stereocenters. The summed E-state index contributed by atoms with van der Waals surface area (Å²) in [5.41, 5.74) is 1.64. The highest BCUT2D eigenvalue weighted by Crippen LogP contribution is 2.28. The Labute approximate surface area is 231 Å². The number of nitrogens with zero attached hydrogens (tertiary/aromatic N) is 4. The Balaban J connectivity index is 1.82. The maximum atomic E-state index is 13.5. The number of hydrogen-bond acceptors (Lipinski definition) is 5. The van der Waals surface area contributed by atoms with Crippen molar-refractivity contribution >= 4 is 39.4 Å². The van der Waals surface area contributed by atoms with Crippen LogP contribution in [0.5, 0.6) is 0 Å². The molecule has 2 aromatic heterocycles. The zero-order valence-corrected chi connectivity index (χ0v) is 24.4. The highest BCUT2D eigenvalue weighted by atomic mass is 127. The molecule has 9 heteroatoms. The SMILES string of the molecule is CC(C)Cn1c(=O)n(C)c(=O)c2c(NC3(C)C=CC=CC3)n(Cc3cccc(CNCC(C)I)c3)nc21. The Morgan fingerprint density at radius 1 is 1.16 bits per heavy atom. The van der Waals surface area contributed by atoms with Crippen LogP contribution in [0.3, 0.4) is 0 Å². The molecule has 0 bridgehead atoms. The van der Waals surface area contributed by atoms with Crippen LogP contribution in [-0.4, -0.2) is 34.9 Å². The van der Waals surface area contributed by atoms with Crippen molar-refractivity contribution < 1.29 is 0 Å². The first-order valence-electron chi connectivity index (χ1n) is 12.8. The normalized spacial score (nSPS) is 18.1. The van der Waals surface area contributed by atoms with Crippen LogP contribution in [0.15, 0.2) is 58.2 Å². The van der Waals surface area contributed by atoms with Crippen molar-refractivity contribution in [2.75, 3.05) is 11.9 Å². The first kappa shape index (κ1) is 27.4. The summed E-state index contributed by atoms with van der Waals surface area (Å²) in [6.45, 7) is 11.1. The molecule has 0 radical (unpaired) electrons. The van der Waals surface area contributed by atoms with Crippen molar-refractivity contribution in [2.24, 2.45) is 13.0 Å². The second-order valence-corrected chi connectivity index (χ2v) is 12.7. The van der Waals surface area contributed by atoms with Gasteiger partial charge in [0, 0.05) is 30.6 Å². The van der Waals surface area contributed by atoms with Gasteiger partial charge in [0.1, 0.15) is 11.2 Å². The predicted octanol–water partition coefficient (Wildman–Crippen LogP) is 4.20. The number of halogens is 1. The van der Waals surface area contributed by atoms with Gasteiger partial charge in [-0.25, -0.2) is 9.48 Å². The molecule has 3 aromatic rings. The molecule has 1 aromatic carbocycles. The van der Waals surface area contributed by atoms with Crippen LogP contribution in [0, 0.1) is 5.92 Å². The van der Waals surface area contributed by atoms with Crippen molar-refractivity contribution in [1.82, 2.24) is 24.2 Å². The number of aromatic nitrogens is 4. The van der Waals surface area contributed by atoms with Crippen LogP contribution < -0.4 is 21.9 Å². The highest BCUT2D eigenvalue weighted by Gasteiger charge is 2.28. The molecule has 0 aliphatic heterocycles. The number of anilines is 1. The average Bonchev–Trinajstić information content (AvgIpc) is 3.17. The maximum absolute atomic E-state index is 13.5. The molecule has 198 valence electrons. The lowest BCUT2D eigenvalue weighted by molar-refractivity contribution is 0.498. The van der Waals surface area contributed by atoms with E-state index in [1.807, 2.05) is 16.8 Å². The molecule has 2 unspecified atom stereocenters. The zero-order valence-electron chi connectivity index (χ0n) is 22.3. The van der Waals surface area contributed by atoms with E-state index in [0.29, 0.717) is 33.9 Å². The number of allylic oxidation sites excluding steroid dienone is 2. The fourth-order valence-corrected chi connectivity index (χ4v) is 4.96. The van der Waals surface area contributed by atoms with Crippen molar-refractivity contribution in [1.29, 1.82) is 0 Å². The van der Waals surface area contributed by atoms with E-state index in [2.05, 4.69) is 97.3 Å². The summed E-state index contributed by atoms with van der Waals surface area (Å²) in [6.07, 6.45) is 9.02. The summed E-state index contributed by atoms with van der Waals surface area (Å²) in [5.74, 6) is 0.858. The van der Waals surface area contributed by atoms with Crippen LogP contribution in [0.2, 0.25) is 0 Å². The van der Waals surface area contributed by atoms with E-state index >= 15 is 0 Å². The average molecular weight is 617 g/mol. The van der Waals surface area contributed by atoms with Gasteiger partial charge in [-0.3, -0.25) is 13.9 Å². The number of alkyl halides is 1. The van der Waals surface area contributed by atoms with Gasteiger partial charge in [0.05, 0.1) is 12.1 Å². The Hall–Kier alpha value is -2.66. The minimum Gasteiger partial charge on any atom is -0.361 e. The molecule has 0 saturated heterocycles. The van der Waals surface area contributed by atoms with Gasteiger partial charge in [0.25, 0.3) is 5.56 Å². The molecule has 1 aliphatic carbocycles. The van der Waals surface area contributed by atoms with Crippen LogP contribution in [0.1, 0.15) is 45.2 Å². The molecule has 0 spiro atoms. The molecule has 2 heterocycles. The minimum absolute atomic E-state index is 0.221. The van der Waals surface area contributed by atoms with Gasteiger partial charge in [-0.2, -0.15) is 5.10 Å². The van der Waals surface area contributed by atoms with Crippen LogP contribution in [0.25, 0.3) is 11.0 Å². The van der Waals surface area contributed by atoms with Crippen molar-refractivity contribution in [3.05, 3.63) is 80.5 Å². The monoisotopic (exact) mass is 616 g/mol. The van der Waals surface area contributed by atoms with Crippen molar-refractivity contribution in [3.8, 4) is 0 Å². The van der Waals surface area contributed by atoms with E-state index in [0.717, 1.165) is 25.1 Å². The summed E-state index contributed by atoms with van der Waals surface area (Å²) < 4.78 is 5.23. The lowest BCUT2D eigenvalue weighted by atomic mass is 9.93. The summed E-state index contributed by atoms with van der Waals surface area (Å²) in [5, 5.41) is 12.4. The number of benzene rings is 1. The summed E-state index contributed by atoms with van der Waals surface area (Å²) >= 11 is 2.42. The van der Waals surface area contributed by atoms with Crippen molar-refractivity contribution in [3.63, 3.8) is 0 Å². The largest absolute Gasteiger partial charge is 0.361 e. The van der Waals surface area contributed by atoms with E-state index in [9.17, 15) is 9.59 Å². The second-order valence-electron chi connectivity index (χ2n) is 10.6. The van der Waals surface area contributed by atoms with E-state index in [1.54, 1.807) is 11.6 Å². The first-order chi connectivity index (χ1) is 17.6. The number of nitrogens with one attached hydrogen (secondary N) is 2.